The van der Waals surface area contributed by atoms with Gasteiger partial charge in [0.05, 0.1) is 0 Å². The van der Waals surface area contributed by atoms with Crippen LogP contribution in [0.2, 0.25) is 0 Å². The molecule has 0 aliphatic heterocycles. The summed E-state index contributed by atoms with van der Waals surface area (Å²) < 4.78 is 22.7. The average molecular weight is 308 g/mol. The van der Waals surface area contributed by atoms with Gasteiger partial charge in [-0.25, -0.2) is 0 Å². The Morgan fingerprint density at radius 3 is 2.19 bits per heavy atom. The summed E-state index contributed by atoms with van der Waals surface area (Å²) in [5.41, 5.74) is 0.956. The van der Waals surface area contributed by atoms with Gasteiger partial charge in [0.1, 0.15) is 6.29 Å². The average Bonchev–Trinajstić information content (AvgIpc) is 2.29. The van der Waals surface area contributed by atoms with Gasteiger partial charge in [-0.15, -0.1) is 0 Å². The highest BCUT2D eigenvalue weighted by molar-refractivity contribution is 9.10. The van der Waals surface area contributed by atoms with Crippen LogP contribution in [0.3, 0.4) is 0 Å². The largest absolute Gasteiger partial charge is 0.363 e. The van der Waals surface area contributed by atoms with Crippen LogP contribution in [0.25, 0.3) is 0 Å². The number of halogens is 1. The summed E-state index contributed by atoms with van der Waals surface area (Å²) in [6.45, 7) is 0. The van der Waals surface area contributed by atoms with Gasteiger partial charge in [-0.2, -0.15) is 0 Å². The van der Waals surface area contributed by atoms with Crippen molar-refractivity contribution in [1.29, 1.82) is 0 Å². The molecule has 0 fully saturated rings. The summed E-state index contributed by atoms with van der Waals surface area (Å²) in [6.07, 6.45) is 0.224. The molecule has 1 aromatic carbocycles. The number of hydrogen-bond acceptors (Lipinski definition) is 4. The second kappa shape index (κ2) is 5.82. The Morgan fingerprint density at radius 2 is 1.75 bits per heavy atom. The van der Waals surface area contributed by atoms with E-state index in [1.807, 2.05) is 36.2 Å². The summed E-state index contributed by atoms with van der Waals surface area (Å²) >= 11 is 3.36. The van der Waals surface area contributed by atoms with E-state index in [9.17, 15) is 4.57 Å². The fourth-order valence-electron chi connectivity index (χ4n) is 1.23. The Morgan fingerprint density at radius 1 is 1.25 bits per heavy atom. The van der Waals surface area contributed by atoms with Gasteiger partial charge in [0.2, 0.25) is 0 Å². The third kappa shape index (κ3) is 3.59. The van der Waals surface area contributed by atoms with Crippen molar-refractivity contribution in [3.63, 3.8) is 0 Å². The minimum Gasteiger partial charge on any atom is -0.363 e. The Balaban J connectivity index is 2.75. The zero-order valence-corrected chi connectivity index (χ0v) is 12.0. The molecule has 0 unspecified atom stereocenters. The Kier molecular flexibility index (Phi) is 4.99. The second-order valence-corrected chi connectivity index (χ2v) is 6.44. The zero-order chi connectivity index (χ0) is 12.2. The first-order chi connectivity index (χ1) is 7.50. The number of anilines is 1. The van der Waals surface area contributed by atoms with Crippen LogP contribution >= 0.6 is 23.5 Å². The Bertz CT molecular complexity index is 374. The lowest BCUT2D eigenvalue weighted by Gasteiger charge is -2.23. The monoisotopic (exact) mass is 307 g/mol. The predicted molar refractivity (Wildman–Crippen MR) is 69.0 cm³/mol. The molecule has 90 valence electrons. The highest BCUT2D eigenvalue weighted by Crippen LogP contribution is 2.47. The number of rotatable bonds is 5. The summed E-state index contributed by atoms with van der Waals surface area (Å²) in [6, 6.07) is 7.71. The van der Waals surface area contributed by atoms with Crippen molar-refractivity contribution >= 4 is 29.2 Å². The van der Waals surface area contributed by atoms with Crippen LogP contribution in [0.4, 0.5) is 5.69 Å². The molecule has 0 heterocycles. The number of nitrogens with zero attached hydrogens (tertiary/aromatic N) is 1. The minimum absolute atomic E-state index is 0.224. The van der Waals surface area contributed by atoms with Crippen LogP contribution in [0.5, 0.6) is 0 Å². The van der Waals surface area contributed by atoms with Crippen molar-refractivity contribution < 1.29 is 13.6 Å². The molecule has 0 radical (unpaired) electrons. The standard InChI is InChI=1S/C10H15BrNO3P/c1-12(8-16(13,14-2)15-3)10-6-4-9(11)5-7-10/h4-7H,8H2,1-3H3. The predicted octanol–water partition coefficient (Wildman–Crippen LogP) is 3.33. The third-order valence-corrected chi connectivity index (χ3v) is 4.62. The van der Waals surface area contributed by atoms with Crippen molar-refractivity contribution in [3.05, 3.63) is 28.7 Å². The first-order valence-electron chi connectivity index (χ1n) is 4.68. The molecule has 16 heavy (non-hydrogen) atoms. The van der Waals surface area contributed by atoms with Crippen molar-refractivity contribution in [2.24, 2.45) is 0 Å². The fourth-order valence-corrected chi connectivity index (χ4v) is 2.55. The molecule has 1 rings (SSSR count). The van der Waals surface area contributed by atoms with Crippen LogP contribution in [-0.2, 0) is 13.6 Å². The topological polar surface area (TPSA) is 38.8 Å². The van der Waals surface area contributed by atoms with Crippen molar-refractivity contribution in [3.8, 4) is 0 Å². The quantitative estimate of drug-likeness (QED) is 0.782. The maximum Gasteiger partial charge on any atom is 0.349 e. The van der Waals surface area contributed by atoms with Gasteiger partial charge < -0.3 is 13.9 Å². The van der Waals surface area contributed by atoms with Crippen molar-refractivity contribution in [2.75, 3.05) is 32.5 Å². The van der Waals surface area contributed by atoms with E-state index in [1.165, 1.54) is 14.2 Å². The smallest absolute Gasteiger partial charge is 0.349 e. The van der Waals surface area contributed by atoms with Gasteiger partial charge in [0.15, 0.2) is 0 Å². The minimum atomic E-state index is -3.00. The molecule has 0 atom stereocenters. The molecule has 4 nitrogen and oxygen atoms in total. The Hall–Kier alpha value is -0.350. The van der Waals surface area contributed by atoms with E-state index in [0.29, 0.717) is 0 Å². The number of hydrogen-bond donors (Lipinski definition) is 0. The van der Waals surface area contributed by atoms with Gasteiger partial charge in [-0.1, -0.05) is 15.9 Å². The molecular weight excluding hydrogens is 293 g/mol. The summed E-state index contributed by atoms with van der Waals surface area (Å²) in [5.74, 6) is 0. The van der Waals surface area contributed by atoms with E-state index < -0.39 is 7.60 Å². The molecule has 0 saturated heterocycles. The lowest BCUT2D eigenvalue weighted by molar-refractivity contribution is 0.276. The van der Waals surface area contributed by atoms with E-state index in [-0.39, 0.29) is 6.29 Å². The molecule has 6 heteroatoms. The first-order valence-corrected chi connectivity index (χ1v) is 7.20. The van der Waals surface area contributed by atoms with Gasteiger partial charge in [-0.05, 0) is 24.3 Å². The van der Waals surface area contributed by atoms with Gasteiger partial charge in [0.25, 0.3) is 0 Å². The molecule has 0 N–H and O–H groups in total. The maximum absolute atomic E-state index is 11.9. The van der Waals surface area contributed by atoms with E-state index in [2.05, 4.69) is 15.9 Å². The molecule has 0 spiro atoms. The number of benzene rings is 1. The first kappa shape index (κ1) is 13.7. The second-order valence-electron chi connectivity index (χ2n) is 3.29. The Labute approximate surface area is 104 Å². The molecule has 0 aliphatic carbocycles. The van der Waals surface area contributed by atoms with Gasteiger partial charge in [0, 0.05) is 31.4 Å². The van der Waals surface area contributed by atoms with Crippen molar-refractivity contribution in [2.45, 2.75) is 0 Å². The normalized spacial score (nSPS) is 11.5. The lowest BCUT2D eigenvalue weighted by Crippen LogP contribution is -2.19. The summed E-state index contributed by atoms with van der Waals surface area (Å²) in [7, 11) is 1.62. The van der Waals surface area contributed by atoms with E-state index >= 15 is 0 Å². The molecule has 0 saturated carbocycles. The third-order valence-electron chi connectivity index (χ3n) is 2.21. The zero-order valence-electron chi connectivity index (χ0n) is 9.51. The van der Waals surface area contributed by atoms with Gasteiger partial charge >= 0.3 is 7.60 Å². The van der Waals surface area contributed by atoms with Crippen LogP contribution in [0.1, 0.15) is 0 Å². The summed E-state index contributed by atoms with van der Waals surface area (Å²) in [5, 5.41) is 0. The fraction of sp³-hybridized carbons (Fsp3) is 0.400. The van der Waals surface area contributed by atoms with Crippen LogP contribution in [-0.4, -0.2) is 27.6 Å². The molecular formula is C10H15BrNO3P. The van der Waals surface area contributed by atoms with E-state index in [0.717, 1.165) is 10.2 Å². The maximum atomic E-state index is 11.9. The highest BCUT2D eigenvalue weighted by Gasteiger charge is 2.23. The van der Waals surface area contributed by atoms with Crippen LogP contribution in [0, 0.1) is 0 Å². The summed E-state index contributed by atoms with van der Waals surface area (Å²) in [4.78, 5) is 1.83. The van der Waals surface area contributed by atoms with Crippen LogP contribution in [0.15, 0.2) is 28.7 Å². The molecule has 0 aliphatic rings. The molecule has 0 bridgehead atoms. The lowest BCUT2D eigenvalue weighted by atomic mass is 10.3. The van der Waals surface area contributed by atoms with Crippen LogP contribution < -0.4 is 4.90 Å². The van der Waals surface area contributed by atoms with Crippen molar-refractivity contribution in [1.82, 2.24) is 0 Å². The highest BCUT2D eigenvalue weighted by atomic mass is 79.9. The molecule has 1 aromatic rings. The molecule has 0 aromatic heterocycles. The molecule has 0 amide bonds. The van der Waals surface area contributed by atoms with Gasteiger partial charge in [-0.3, -0.25) is 4.57 Å². The SMILES string of the molecule is COP(=O)(CN(C)c1ccc(Br)cc1)OC. The van der Waals surface area contributed by atoms with E-state index in [1.54, 1.807) is 0 Å². The van der Waals surface area contributed by atoms with E-state index in [4.69, 9.17) is 9.05 Å².